The van der Waals surface area contributed by atoms with E-state index in [0.29, 0.717) is 19.0 Å². The summed E-state index contributed by atoms with van der Waals surface area (Å²) in [7, 11) is -0.204. The molecule has 0 aromatic carbocycles. The van der Waals surface area contributed by atoms with Crippen LogP contribution < -0.4 is 15.4 Å². The minimum absolute atomic E-state index is 0.0000452. The molecular weight excluding hydrogens is 342 g/mol. The summed E-state index contributed by atoms with van der Waals surface area (Å²) in [6.45, 7) is 7.53. The number of nitrogens with zero attached hydrogens (tertiary/aromatic N) is 2. The molecule has 8 nitrogen and oxygen atoms in total. The molecule has 0 saturated heterocycles. The summed E-state index contributed by atoms with van der Waals surface area (Å²) >= 11 is 0. The number of nitrogens with one attached hydrogen (secondary N) is 3. The second-order valence-electron chi connectivity index (χ2n) is 6.56. The third-order valence-corrected chi connectivity index (χ3v) is 5.03. The number of guanidine groups is 1. The number of ether oxygens (including phenoxy) is 1. The molecule has 1 atom stereocenters. The first kappa shape index (κ1) is 21.3. The Morgan fingerprint density at radius 1 is 1.32 bits per heavy atom. The van der Waals surface area contributed by atoms with Gasteiger partial charge >= 0.3 is 0 Å². The molecule has 0 fully saturated rings. The van der Waals surface area contributed by atoms with Gasteiger partial charge in [0, 0.05) is 46.2 Å². The van der Waals surface area contributed by atoms with E-state index in [2.05, 4.69) is 46.1 Å². The lowest BCUT2D eigenvalue weighted by Gasteiger charge is -2.30. The van der Waals surface area contributed by atoms with E-state index in [-0.39, 0.29) is 23.0 Å². The highest BCUT2D eigenvalue weighted by molar-refractivity contribution is 7.89. The molecule has 0 aliphatic carbocycles. The van der Waals surface area contributed by atoms with Crippen LogP contribution in [0.3, 0.4) is 0 Å². The van der Waals surface area contributed by atoms with Crippen LogP contribution in [-0.2, 0) is 14.8 Å². The first-order chi connectivity index (χ1) is 11.7. The van der Waals surface area contributed by atoms with Crippen molar-refractivity contribution in [2.45, 2.75) is 31.8 Å². The van der Waals surface area contributed by atoms with Crippen molar-refractivity contribution in [2.75, 3.05) is 33.8 Å². The maximum absolute atomic E-state index is 12.1. The summed E-state index contributed by atoms with van der Waals surface area (Å²) in [5.41, 5.74) is -0.0000452. The molecule has 9 heteroatoms. The van der Waals surface area contributed by atoms with Gasteiger partial charge in [-0.1, -0.05) is 20.8 Å². The average Bonchev–Trinajstić information content (AvgIpc) is 2.56. The first-order valence-corrected chi connectivity index (χ1v) is 9.56. The van der Waals surface area contributed by atoms with Crippen LogP contribution in [0.5, 0.6) is 0 Å². The lowest BCUT2D eigenvalue weighted by atomic mass is 9.89. The molecule has 0 radical (unpaired) electrons. The Kier molecular flexibility index (Phi) is 8.27. The molecule has 0 aliphatic heterocycles. The van der Waals surface area contributed by atoms with Gasteiger partial charge in [-0.3, -0.25) is 9.98 Å². The van der Waals surface area contributed by atoms with Gasteiger partial charge < -0.3 is 15.4 Å². The number of pyridine rings is 1. The number of hydrogen-bond donors (Lipinski definition) is 3. The molecule has 3 N–H and O–H groups in total. The molecule has 1 aromatic heterocycles. The minimum atomic E-state index is -3.55. The largest absolute Gasteiger partial charge is 0.379 e. The zero-order valence-corrected chi connectivity index (χ0v) is 16.4. The first-order valence-electron chi connectivity index (χ1n) is 8.07. The molecule has 0 bridgehead atoms. The summed E-state index contributed by atoms with van der Waals surface area (Å²) < 4.78 is 32.1. The van der Waals surface area contributed by atoms with Crippen LogP contribution in [0, 0.1) is 5.41 Å². The number of rotatable bonds is 8. The zero-order valence-electron chi connectivity index (χ0n) is 15.5. The highest BCUT2D eigenvalue weighted by Gasteiger charge is 2.24. The van der Waals surface area contributed by atoms with Crippen molar-refractivity contribution >= 4 is 16.0 Å². The maximum Gasteiger partial charge on any atom is 0.242 e. The Morgan fingerprint density at radius 3 is 2.56 bits per heavy atom. The fourth-order valence-electron chi connectivity index (χ4n) is 2.11. The van der Waals surface area contributed by atoms with Crippen molar-refractivity contribution in [1.82, 2.24) is 20.3 Å². The monoisotopic (exact) mass is 371 g/mol. The second-order valence-corrected chi connectivity index (χ2v) is 8.32. The summed E-state index contributed by atoms with van der Waals surface area (Å²) in [6.07, 6.45) is 2.87. The van der Waals surface area contributed by atoms with Crippen molar-refractivity contribution in [3.8, 4) is 0 Å². The van der Waals surface area contributed by atoms with Crippen LogP contribution in [0.2, 0.25) is 0 Å². The Morgan fingerprint density at radius 2 is 2.04 bits per heavy atom. The van der Waals surface area contributed by atoms with E-state index < -0.39 is 10.0 Å². The minimum Gasteiger partial charge on any atom is -0.379 e. The third kappa shape index (κ3) is 7.37. The van der Waals surface area contributed by atoms with E-state index in [4.69, 9.17) is 4.74 Å². The fourth-order valence-corrected chi connectivity index (χ4v) is 3.10. The van der Waals surface area contributed by atoms with Crippen LogP contribution in [0.25, 0.3) is 0 Å². The van der Waals surface area contributed by atoms with Crippen LogP contribution in [0.1, 0.15) is 20.8 Å². The summed E-state index contributed by atoms with van der Waals surface area (Å²) in [5.74, 6) is 0.590. The van der Waals surface area contributed by atoms with Gasteiger partial charge in [-0.15, -0.1) is 0 Å². The summed E-state index contributed by atoms with van der Waals surface area (Å²) in [4.78, 5) is 8.08. The molecule has 1 aromatic rings. The van der Waals surface area contributed by atoms with E-state index in [1.165, 1.54) is 18.5 Å². The maximum atomic E-state index is 12.1. The SMILES string of the molecule is CN=C(NCCNS(=O)(=O)c1cccnc1)NCC(OC)C(C)(C)C. The number of methoxy groups -OCH3 is 1. The highest BCUT2D eigenvalue weighted by atomic mass is 32.2. The molecule has 0 aliphatic rings. The van der Waals surface area contributed by atoms with Crippen molar-refractivity contribution < 1.29 is 13.2 Å². The second kappa shape index (κ2) is 9.69. The Balaban J connectivity index is 2.41. The number of hydrogen-bond acceptors (Lipinski definition) is 5. The number of sulfonamides is 1. The zero-order chi connectivity index (χ0) is 18.9. The molecule has 142 valence electrons. The van der Waals surface area contributed by atoms with Gasteiger partial charge in [-0.2, -0.15) is 0 Å². The van der Waals surface area contributed by atoms with E-state index in [0.717, 1.165) is 0 Å². The fraction of sp³-hybridized carbons (Fsp3) is 0.625. The molecular formula is C16H29N5O3S. The molecule has 1 unspecified atom stereocenters. The molecule has 0 amide bonds. The topological polar surface area (TPSA) is 105 Å². The number of aliphatic imine (C=N–C) groups is 1. The summed E-state index contributed by atoms with van der Waals surface area (Å²) in [6, 6.07) is 3.08. The molecule has 0 saturated carbocycles. The van der Waals surface area contributed by atoms with Crippen LogP contribution >= 0.6 is 0 Å². The van der Waals surface area contributed by atoms with Gasteiger partial charge in [0.15, 0.2) is 5.96 Å². The third-order valence-electron chi connectivity index (χ3n) is 3.58. The lowest BCUT2D eigenvalue weighted by molar-refractivity contribution is 0.0205. The van der Waals surface area contributed by atoms with Gasteiger partial charge in [0.25, 0.3) is 0 Å². The van der Waals surface area contributed by atoms with Crippen LogP contribution in [0.15, 0.2) is 34.4 Å². The summed E-state index contributed by atoms with van der Waals surface area (Å²) in [5, 5.41) is 6.25. The van der Waals surface area contributed by atoms with Gasteiger partial charge in [0.05, 0.1) is 6.10 Å². The van der Waals surface area contributed by atoms with E-state index in [1.54, 1.807) is 20.2 Å². The van der Waals surface area contributed by atoms with Gasteiger partial charge in [-0.05, 0) is 17.5 Å². The standard InChI is InChI=1S/C16H29N5O3S/c1-16(2,3)14(24-5)12-20-15(17-4)19-9-10-21-25(22,23)13-7-6-8-18-11-13/h6-8,11,14,21H,9-10,12H2,1-5H3,(H2,17,19,20). The van der Waals surface area contributed by atoms with Crippen LogP contribution in [-0.4, -0.2) is 59.3 Å². The molecule has 25 heavy (non-hydrogen) atoms. The van der Waals surface area contributed by atoms with Crippen LogP contribution in [0.4, 0.5) is 0 Å². The Bertz CT molecular complexity index is 641. The predicted molar refractivity (Wildman–Crippen MR) is 99.0 cm³/mol. The van der Waals surface area contributed by atoms with Crippen molar-refractivity contribution in [1.29, 1.82) is 0 Å². The average molecular weight is 372 g/mol. The van der Waals surface area contributed by atoms with E-state index >= 15 is 0 Å². The smallest absolute Gasteiger partial charge is 0.242 e. The van der Waals surface area contributed by atoms with E-state index in [9.17, 15) is 8.42 Å². The Hall–Kier alpha value is -1.71. The van der Waals surface area contributed by atoms with Crippen molar-refractivity contribution in [3.05, 3.63) is 24.5 Å². The van der Waals surface area contributed by atoms with Gasteiger partial charge in [-0.25, -0.2) is 13.1 Å². The Labute approximate surface area is 150 Å². The van der Waals surface area contributed by atoms with Crippen molar-refractivity contribution in [3.63, 3.8) is 0 Å². The van der Waals surface area contributed by atoms with Gasteiger partial charge in [0.1, 0.15) is 4.90 Å². The molecule has 0 spiro atoms. The molecule has 1 heterocycles. The predicted octanol–water partition coefficient (Wildman–Crippen LogP) is 0.586. The highest BCUT2D eigenvalue weighted by Crippen LogP contribution is 2.20. The van der Waals surface area contributed by atoms with Crippen molar-refractivity contribution in [2.24, 2.45) is 10.4 Å². The van der Waals surface area contributed by atoms with Gasteiger partial charge in [0.2, 0.25) is 10.0 Å². The quantitative estimate of drug-likeness (QED) is 0.351. The van der Waals surface area contributed by atoms with E-state index in [1.807, 2.05) is 0 Å². The lowest BCUT2D eigenvalue weighted by Crippen LogP contribution is -2.46. The molecule has 1 rings (SSSR count). The number of aromatic nitrogens is 1. The normalized spacial score (nSPS) is 14.2.